The number of aliphatic hydroxyl groups is 1. The molecule has 4 rings (SSSR count). The number of esters is 1. The summed E-state index contributed by atoms with van der Waals surface area (Å²) in [4.78, 5) is 18.1. The molecule has 2 aliphatic rings. The molecule has 30 heavy (non-hydrogen) atoms. The maximum atomic E-state index is 11.7. The van der Waals surface area contributed by atoms with E-state index in [2.05, 4.69) is 22.1 Å². The fourth-order valence-corrected chi connectivity index (χ4v) is 4.25. The van der Waals surface area contributed by atoms with Gasteiger partial charge >= 0.3 is 5.97 Å². The second-order valence-corrected chi connectivity index (χ2v) is 8.00. The molecule has 0 saturated carbocycles. The van der Waals surface area contributed by atoms with Gasteiger partial charge in [0.15, 0.2) is 0 Å². The molecule has 2 N–H and O–H groups in total. The van der Waals surface area contributed by atoms with Crippen molar-refractivity contribution in [1.82, 2.24) is 15.2 Å². The first-order valence-corrected chi connectivity index (χ1v) is 10.3. The normalized spacial score (nSPS) is 19.4. The minimum absolute atomic E-state index is 0.220. The second kappa shape index (κ2) is 8.92. The van der Waals surface area contributed by atoms with Gasteiger partial charge in [-0.1, -0.05) is 6.07 Å². The highest BCUT2D eigenvalue weighted by molar-refractivity contribution is 5.93. The number of cyclic esters (lactones) is 1. The van der Waals surface area contributed by atoms with Crippen LogP contribution < -0.4 is 5.32 Å². The number of carbonyl (C=O) groups is 1. The number of nitrogens with zero attached hydrogens (tertiary/aromatic N) is 3. The largest absolute Gasteiger partial charge is 0.457 e. The Kier molecular flexibility index (Phi) is 6.09. The van der Waals surface area contributed by atoms with Gasteiger partial charge in [-0.3, -0.25) is 9.88 Å². The lowest BCUT2D eigenvalue weighted by molar-refractivity contribution is 0.0535. The molecule has 1 aromatic carbocycles. The van der Waals surface area contributed by atoms with Crippen LogP contribution in [0.2, 0.25) is 0 Å². The Morgan fingerprint density at radius 3 is 3.03 bits per heavy atom. The van der Waals surface area contributed by atoms with E-state index in [9.17, 15) is 9.90 Å². The van der Waals surface area contributed by atoms with Gasteiger partial charge in [-0.15, -0.1) is 0 Å². The van der Waals surface area contributed by atoms with Crippen LogP contribution in [0.15, 0.2) is 30.5 Å². The standard InChI is InChI=1S/C23H26N4O3/c1-15-17(3-4-19-20(15)14-30-23(19)29)6-8-25-18-7-9-27(12-18)13-22(28)21-5-2-16(10-24)11-26-21/h2-5,11,18,22,25,28H,6-9,12-14H2,1H3. The van der Waals surface area contributed by atoms with E-state index in [0.717, 1.165) is 43.6 Å². The predicted octanol–water partition coefficient (Wildman–Crippen LogP) is 1.87. The van der Waals surface area contributed by atoms with Crippen LogP contribution in [0.5, 0.6) is 0 Å². The first kappa shape index (κ1) is 20.5. The monoisotopic (exact) mass is 406 g/mol. The zero-order chi connectivity index (χ0) is 21.1. The molecule has 1 fully saturated rings. The summed E-state index contributed by atoms with van der Waals surface area (Å²) in [5.41, 5.74) is 5.22. The van der Waals surface area contributed by atoms with Crippen LogP contribution in [0.4, 0.5) is 0 Å². The molecule has 2 atom stereocenters. The Labute approximate surface area is 176 Å². The molecule has 2 aliphatic heterocycles. The van der Waals surface area contributed by atoms with E-state index in [4.69, 9.17) is 10.00 Å². The number of aliphatic hydroxyl groups excluding tert-OH is 1. The lowest BCUT2D eigenvalue weighted by Gasteiger charge is -2.20. The van der Waals surface area contributed by atoms with Crippen molar-refractivity contribution in [3.63, 3.8) is 0 Å². The Bertz CT molecular complexity index is 968. The van der Waals surface area contributed by atoms with Crippen LogP contribution in [0.1, 0.15) is 50.8 Å². The summed E-state index contributed by atoms with van der Waals surface area (Å²) in [6, 6.07) is 9.74. The highest BCUT2D eigenvalue weighted by atomic mass is 16.5. The first-order valence-electron chi connectivity index (χ1n) is 10.3. The first-order chi connectivity index (χ1) is 14.5. The van der Waals surface area contributed by atoms with Crippen molar-refractivity contribution < 1.29 is 14.6 Å². The molecular weight excluding hydrogens is 380 g/mol. The third-order valence-electron chi connectivity index (χ3n) is 6.07. The fourth-order valence-electron chi connectivity index (χ4n) is 4.25. The number of benzene rings is 1. The van der Waals surface area contributed by atoms with Crippen LogP contribution in [-0.4, -0.2) is 53.2 Å². The van der Waals surface area contributed by atoms with Crippen molar-refractivity contribution in [1.29, 1.82) is 5.26 Å². The molecule has 3 heterocycles. The molecule has 0 aliphatic carbocycles. The number of likely N-dealkylation sites (tertiary alicyclic amines) is 1. The van der Waals surface area contributed by atoms with Gasteiger partial charge in [-0.25, -0.2) is 4.79 Å². The number of rotatable bonds is 7. The van der Waals surface area contributed by atoms with Crippen LogP contribution >= 0.6 is 0 Å². The number of nitrogens with one attached hydrogen (secondary N) is 1. The van der Waals surface area contributed by atoms with Crippen LogP contribution in [0, 0.1) is 18.3 Å². The molecule has 1 saturated heterocycles. The topological polar surface area (TPSA) is 98.5 Å². The van der Waals surface area contributed by atoms with E-state index in [1.807, 2.05) is 18.2 Å². The molecule has 1 aromatic heterocycles. The van der Waals surface area contributed by atoms with Gasteiger partial charge in [0.05, 0.1) is 16.8 Å². The summed E-state index contributed by atoms with van der Waals surface area (Å²) in [5.74, 6) is -0.220. The van der Waals surface area contributed by atoms with Crippen molar-refractivity contribution in [3.8, 4) is 6.07 Å². The third kappa shape index (κ3) is 4.36. The molecule has 2 aromatic rings. The Balaban J connectivity index is 1.24. The van der Waals surface area contributed by atoms with Crippen LogP contribution in [0.3, 0.4) is 0 Å². The third-order valence-corrected chi connectivity index (χ3v) is 6.07. The van der Waals surface area contributed by atoms with E-state index >= 15 is 0 Å². The average Bonchev–Trinajstić information content (AvgIpc) is 3.36. The van der Waals surface area contributed by atoms with Crippen molar-refractivity contribution in [2.24, 2.45) is 0 Å². The maximum Gasteiger partial charge on any atom is 0.338 e. The molecule has 0 spiro atoms. The van der Waals surface area contributed by atoms with Gasteiger partial charge < -0.3 is 15.2 Å². The van der Waals surface area contributed by atoms with Crippen molar-refractivity contribution in [3.05, 3.63) is 64.0 Å². The number of pyridine rings is 1. The number of hydrogen-bond acceptors (Lipinski definition) is 7. The summed E-state index contributed by atoms with van der Waals surface area (Å²) in [7, 11) is 0. The maximum absolute atomic E-state index is 11.7. The molecule has 0 radical (unpaired) electrons. The number of carbonyl (C=O) groups excluding carboxylic acids is 1. The van der Waals surface area contributed by atoms with Gasteiger partial charge in [0.1, 0.15) is 18.8 Å². The SMILES string of the molecule is Cc1c(CCNC2CCN(CC(O)c3ccc(C#N)cn3)C2)ccc2c1COC2=O. The highest BCUT2D eigenvalue weighted by Gasteiger charge is 2.26. The number of β-amino-alcohol motifs (C(OH)–C–C–N with tert-alkyl or cyclic N) is 1. The lowest BCUT2D eigenvalue weighted by Crippen LogP contribution is -2.35. The van der Waals surface area contributed by atoms with E-state index in [-0.39, 0.29) is 5.97 Å². The molecule has 156 valence electrons. The fraction of sp³-hybridized carbons (Fsp3) is 0.435. The molecular formula is C23H26N4O3. The van der Waals surface area contributed by atoms with Gasteiger partial charge in [0, 0.05) is 30.9 Å². The molecule has 7 nitrogen and oxygen atoms in total. The molecule has 2 unspecified atom stereocenters. The Morgan fingerprint density at radius 1 is 1.40 bits per heavy atom. The molecule has 0 bridgehead atoms. The quantitative estimate of drug-likeness (QED) is 0.678. The average molecular weight is 406 g/mol. The van der Waals surface area contributed by atoms with E-state index < -0.39 is 6.10 Å². The highest BCUT2D eigenvalue weighted by Crippen LogP contribution is 2.26. The predicted molar refractivity (Wildman–Crippen MR) is 111 cm³/mol. The Morgan fingerprint density at radius 2 is 2.27 bits per heavy atom. The molecule has 0 amide bonds. The van der Waals surface area contributed by atoms with Gasteiger partial charge in [-0.05, 0) is 62.2 Å². The van der Waals surface area contributed by atoms with Crippen molar-refractivity contribution in [2.75, 3.05) is 26.2 Å². The lowest BCUT2D eigenvalue weighted by atomic mass is 9.97. The van der Waals surface area contributed by atoms with Gasteiger partial charge in [0.25, 0.3) is 0 Å². The van der Waals surface area contributed by atoms with E-state index in [1.54, 1.807) is 12.1 Å². The van der Waals surface area contributed by atoms with Gasteiger partial charge in [-0.2, -0.15) is 5.26 Å². The summed E-state index contributed by atoms with van der Waals surface area (Å²) in [6.45, 7) is 5.67. The number of fused-ring (bicyclic) bond motifs is 1. The van der Waals surface area contributed by atoms with Crippen molar-refractivity contribution in [2.45, 2.75) is 38.5 Å². The minimum Gasteiger partial charge on any atom is -0.457 e. The number of hydrogen-bond donors (Lipinski definition) is 2. The number of aromatic nitrogens is 1. The minimum atomic E-state index is -0.657. The summed E-state index contributed by atoms with van der Waals surface area (Å²) in [5, 5.41) is 22.9. The van der Waals surface area contributed by atoms with Crippen LogP contribution in [-0.2, 0) is 17.8 Å². The van der Waals surface area contributed by atoms with Crippen LogP contribution in [0.25, 0.3) is 0 Å². The smallest absolute Gasteiger partial charge is 0.338 e. The second-order valence-electron chi connectivity index (χ2n) is 8.00. The van der Waals surface area contributed by atoms with E-state index in [0.29, 0.717) is 36.0 Å². The van der Waals surface area contributed by atoms with Crippen molar-refractivity contribution >= 4 is 5.97 Å². The number of ether oxygens (including phenoxy) is 1. The molecule has 7 heteroatoms. The zero-order valence-corrected chi connectivity index (χ0v) is 17.1. The summed E-state index contributed by atoms with van der Waals surface area (Å²) >= 11 is 0. The number of nitriles is 1. The summed E-state index contributed by atoms with van der Waals surface area (Å²) in [6.07, 6.45) is 2.78. The van der Waals surface area contributed by atoms with Gasteiger partial charge in [0.2, 0.25) is 0 Å². The zero-order valence-electron chi connectivity index (χ0n) is 17.1. The Hall–Kier alpha value is -2.79. The summed E-state index contributed by atoms with van der Waals surface area (Å²) < 4.78 is 5.13. The van der Waals surface area contributed by atoms with E-state index in [1.165, 1.54) is 11.8 Å².